The number of aromatic nitrogens is 6. The van der Waals surface area contributed by atoms with Crippen molar-refractivity contribution in [2.24, 2.45) is 0 Å². The predicted molar refractivity (Wildman–Crippen MR) is 141 cm³/mol. The van der Waals surface area contributed by atoms with Crippen molar-refractivity contribution in [3.63, 3.8) is 0 Å². The van der Waals surface area contributed by atoms with Crippen LogP contribution in [0.4, 0.5) is 0 Å². The van der Waals surface area contributed by atoms with Gasteiger partial charge < -0.3 is 14.5 Å². The second-order valence-corrected chi connectivity index (χ2v) is 10.1. The maximum Gasteiger partial charge on any atom is 0.148 e. The largest absolute Gasteiger partial charge is 0.456 e. The van der Waals surface area contributed by atoms with E-state index < -0.39 is 0 Å². The van der Waals surface area contributed by atoms with Crippen LogP contribution in [-0.4, -0.2) is 67.0 Å². The van der Waals surface area contributed by atoms with Gasteiger partial charge in [-0.05, 0) is 44.0 Å². The minimum absolute atomic E-state index is 0.412. The Bertz CT molecular complexity index is 1600. The zero-order chi connectivity index (χ0) is 24.9. The van der Waals surface area contributed by atoms with Crippen LogP contribution in [0.5, 0.6) is 11.5 Å². The zero-order valence-corrected chi connectivity index (χ0v) is 21.1. The highest BCUT2D eigenvalue weighted by molar-refractivity contribution is 6.36. The number of nitrogens with one attached hydrogen (secondary N) is 1. The zero-order valence-electron chi connectivity index (χ0n) is 20.4. The second kappa shape index (κ2) is 9.09. The van der Waals surface area contributed by atoms with Crippen molar-refractivity contribution in [1.29, 1.82) is 0 Å². The summed E-state index contributed by atoms with van der Waals surface area (Å²) >= 11 is 6.77. The molecule has 0 unspecified atom stereocenters. The summed E-state index contributed by atoms with van der Waals surface area (Å²) in [5.41, 5.74) is 4.76. The Morgan fingerprint density at radius 3 is 2.73 bits per heavy atom. The lowest BCUT2D eigenvalue weighted by Crippen LogP contribution is -2.50. The number of rotatable bonds is 5. The Morgan fingerprint density at radius 2 is 1.86 bits per heavy atom. The first-order chi connectivity index (χ1) is 18.1. The van der Waals surface area contributed by atoms with Crippen molar-refractivity contribution >= 4 is 33.7 Å². The molecule has 0 spiro atoms. The lowest BCUT2D eigenvalue weighted by atomic mass is 9.85. The van der Waals surface area contributed by atoms with E-state index in [1.165, 1.54) is 0 Å². The van der Waals surface area contributed by atoms with E-state index in [9.17, 15) is 0 Å². The fraction of sp³-hybridized carbons (Fsp3) is 0.333. The van der Waals surface area contributed by atoms with E-state index in [1.54, 1.807) is 6.20 Å². The summed E-state index contributed by atoms with van der Waals surface area (Å²) in [6, 6.07) is 10.4. The Hall–Kier alpha value is -3.53. The fourth-order valence-corrected chi connectivity index (χ4v) is 5.48. The molecule has 1 saturated heterocycles. The number of nitrogens with zero attached hydrogens (tertiary/aromatic N) is 6. The number of benzene rings is 2. The number of hydrogen-bond donors (Lipinski definition) is 1. The van der Waals surface area contributed by atoms with Crippen LogP contribution >= 0.6 is 11.6 Å². The molecule has 10 heteroatoms. The highest BCUT2D eigenvalue weighted by Gasteiger charge is 2.35. The summed E-state index contributed by atoms with van der Waals surface area (Å²) < 4.78 is 13.7. The van der Waals surface area contributed by atoms with Crippen LogP contribution in [0.15, 0.2) is 48.9 Å². The molecule has 0 amide bonds. The van der Waals surface area contributed by atoms with E-state index >= 15 is 0 Å². The van der Waals surface area contributed by atoms with Crippen molar-refractivity contribution in [2.75, 3.05) is 26.3 Å². The van der Waals surface area contributed by atoms with Crippen molar-refractivity contribution < 1.29 is 9.47 Å². The number of imidazole rings is 1. The van der Waals surface area contributed by atoms with Gasteiger partial charge in [-0.25, -0.2) is 9.97 Å². The van der Waals surface area contributed by atoms with Gasteiger partial charge in [-0.3, -0.25) is 14.6 Å². The number of ether oxygens (including phenoxy) is 2. The Balaban J connectivity index is 1.11. The molecule has 188 valence electrons. The molecule has 5 aromatic rings. The number of H-pyrrole nitrogens is 1. The quantitative estimate of drug-likeness (QED) is 0.345. The van der Waals surface area contributed by atoms with Gasteiger partial charge in [-0.1, -0.05) is 11.6 Å². The number of fused-ring (bicyclic) bond motifs is 2. The van der Waals surface area contributed by atoms with Crippen molar-refractivity contribution in [3.05, 3.63) is 59.8 Å². The first-order valence-electron chi connectivity index (χ1n) is 12.6. The molecule has 1 saturated carbocycles. The number of aryl methyl sites for hydroxylation is 1. The minimum Gasteiger partial charge on any atom is -0.456 e. The van der Waals surface area contributed by atoms with Gasteiger partial charge in [0.25, 0.3) is 0 Å². The lowest BCUT2D eigenvalue weighted by molar-refractivity contribution is -0.0162. The molecule has 0 atom stereocenters. The average Bonchev–Trinajstić information content (AvgIpc) is 3.51. The summed E-state index contributed by atoms with van der Waals surface area (Å²) in [5.74, 6) is 2.05. The Morgan fingerprint density at radius 1 is 1.03 bits per heavy atom. The standard InChI is InChI=1S/C27H26ClN7O2/c1-16-31-21-3-2-20(12-23(21)32-16)37-25-5-4-22-27(26(25)28)33-24(14-29-22)17-13-30-35(15-17)19-10-18(11-19)34-6-8-36-9-7-34/h2-5,12-15,18-19H,6-11H2,1H3,(H,31,32). The first kappa shape index (κ1) is 22.7. The third-order valence-electron chi connectivity index (χ3n) is 7.34. The van der Waals surface area contributed by atoms with Crippen molar-refractivity contribution in [2.45, 2.75) is 31.8 Å². The first-order valence-corrected chi connectivity index (χ1v) is 12.9. The maximum absolute atomic E-state index is 6.77. The predicted octanol–water partition coefficient (Wildman–Crippen LogP) is 5.16. The summed E-state index contributed by atoms with van der Waals surface area (Å²) in [5, 5.41) is 5.06. The van der Waals surface area contributed by atoms with Gasteiger partial charge in [0.1, 0.15) is 27.9 Å². The topological polar surface area (TPSA) is 94.0 Å². The minimum atomic E-state index is 0.412. The summed E-state index contributed by atoms with van der Waals surface area (Å²) in [6.07, 6.45) is 7.91. The lowest BCUT2D eigenvalue weighted by Gasteiger charge is -2.44. The molecule has 7 rings (SSSR count). The van der Waals surface area contributed by atoms with Gasteiger partial charge in [-0.15, -0.1) is 0 Å². The molecule has 0 radical (unpaired) electrons. The second-order valence-electron chi connectivity index (χ2n) is 9.74. The summed E-state index contributed by atoms with van der Waals surface area (Å²) in [4.78, 5) is 19.6. The Labute approximate surface area is 218 Å². The highest BCUT2D eigenvalue weighted by Crippen LogP contribution is 2.38. The van der Waals surface area contributed by atoms with Crippen LogP contribution in [0, 0.1) is 6.92 Å². The van der Waals surface area contributed by atoms with Crippen LogP contribution in [0.2, 0.25) is 5.02 Å². The van der Waals surface area contributed by atoms with Crippen molar-refractivity contribution in [3.8, 4) is 22.8 Å². The molecule has 37 heavy (non-hydrogen) atoms. The van der Waals surface area contributed by atoms with Gasteiger partial charge in [0.15, 0.2) is 0 Å². The molecular formula is C27H26ClN7O2. The molecule has 1 aliphatic carbocycles. The van der Waals surface area contributed by atoms with E-state index in [4.69, 9.17) is 26.1 Å². The van der Waals surface area contributed by atoms with Crippen LogP contribution < -0.4 is 4.74 Å². The van der Waals surface area contributed by atoms with E-state index in [-0.39, 0.29) is 0 Å². The smallest absolute Gasteiger partial charge is 0.148 e. The number of aromatic amines is 1. The molecule has 1 N–H and O–H groups in total. The van der Waals surface area contributed by atoms with E-state index in [0.717, 1.165) is 67.3 Å². The van der Waals surface area contributed by atoms with Gasteiger partial charge in [-0.2, -0.15) is 5.10 Å². The SMILES string of the molecule is Cc1nc2ccc(Oc3ccc4ncc(-c5cnn(C6CC(N7CCOCC7)C6)c5)nc4c3Cl)cc2[nH]1. The normalized spacial score (nSPS) is 20.4. The molecule has 1 aliphatic heterocycles. The van der Waals surface area contributed by atoms with E-state index in [2.05, 4.69) is 35.8 Å². The molecule has 2 aromatic carbocycles. The maximum atomic E-state index is 6.77. The van der Waals surface area contributed by atoms with E-state index in [0.29, 0.717) is 39.6 Å². The van der Waals surface area contributed by atoms with Crippen LogP contribution in [-0.2, 0) is 4.74 Å². The van der Waals surface area contributed by atoms with Crippen LogP contribution in [0.1, 0.15) is 24.7 Å². The number of halogens is 1. The third-order valence-corrected chi connectivity index (χ3v) is 7.70. The van der Waals surface area contributed by atoms with Crippen LogP contribution in [0.25, 0.3) is 33.3 Å². The molecule has 2 aliphatic rings. The molecule has 9 nitrogen and oxygen atoms in total. The molecule has 4 heterocycles. The van der Waals surface area contributed by atoms with Crippen LogP contribution in [0.3, 0.4) is 0 Å². The van der Waals surface area contributed by atoms with Crippen molar-refractivity contribution in [1.82, 2.24) is 34.6 Å². The molecule has 0 bridgehead atoms. The van der Waals surface area contributed by atoms with Gasteiger partial charge in [0.2, 0.25) is 0 Å². The number of morpholine rings is 1. The molecular weight excluding hydrogens is 490 g/mol. The summed E-state index contributed by atoms with van der Waals surface area (Å²) in [7, 11) is 0. The third kappa shape index (κ3) is 4.22. The fourth-order valence-electron chi connectivity index (χ4n) is 5.24. The number of hydrogen-bond acceptors (Lipinski definition) is 7. The highest BCUT2D eigenvalue weighted by atomic mass is 35.5. The Kier molecular flexibility index (Phi) is 5.57. The molecule has 3 aromatic heterocycles. The van der Waals surface area contributed by atoms with Gasteiger partial charge in [0.05, 0.1) is 53.9 Å². The molecule has 2 fully saturated rings. The summed E-state index contributed by atoms with van der Waals surface area (Å²) in [6.45, 7) is 5.65. The van der Waals surface area contributed by atoms with Gasteiger partial charge in [0, 0.05) is 37.0 Å². The van der Waals surface area contributed by atoms with Gasteiger partial charge >= 0.3 is 0 Å². The monoisotopic (exact) mass is 515 g/mol. The van der Waals surface area contributed by atoms with E-state index in [1.807, 2.05) is 43.5 Å². The average molecular weight is 516 g/mol.